The van der Waals surface area contributed by atoms with Gasteiger partial charge in [0.2, 0.25) is 0 Å². The van der Waals surface area contributed by atoms with Crippen LogP contribution in [0.25, 0.3) is 0 Å². The van der Waals surface area contributed by atoms with E-state index in [1.807, 2.05) is 24.3 Å². The minimum absolute atomic E-state index is 0.701. The van der Waals surface area contributed by atoms with Crippen molar-refractivity contribution >= 4 is 22.9 Å². The average molecular weight is 309 g/mol. The van der Waals surface area contributed by atoms with Crippen LogP contribution in [-0.2, 0) is 11.0 Å². The third-order valence-electron chi connectivity index (χ3n) is 2.57. The van der Waals surface area contributed by atoms with E-state index in [-0.39, 0.29) is 0 Å². The minimum atomic E-state index is -1.28. The summed E-state index contributed by atoms with van der Waals surface area (Å²) in [6, 6.07) is 14.6. The minimum Gasteiger partial charge on any atom is -0.497 e. The van der Waals surface area contributed by atoms with Crippen LogP contribution >= 0.6 is 11.9 Å². The molecule has 0 saturated heterocycles. The van der Waals surface area contributed by atoms with Crippen molar-refractivity contribution in [3.8, 4) is 11.5 Å². The van der Waals surface area contributed by atoms with Crippen LogP contribution in [-0.4, -0.2) is 18.4 Å². The smallest absolute Gasteiger partial charge is 0.135 e. The Morgan fingerprint density at radius 1 is 0.900 bits per heavy atom. The lowest BCUT2D eigenvalue weighted by atomic mass is 10.3. The summed E-state index contributed by atoms with van der Waals surface area (Å²) < 4.78 is 25.1. The topological polar surface area (TPSA) is 47.6 Å². The summed E-state index contributed by atoms with van der Waals surface area (Å²) in [5.74, 6) is 1.54. The Morgan fingerprint density at radius 2 is 1.40 bits per heavy atom. The zero-order valence-corrected chi connectivity index (χ0v) is 12.8. The molecule has 0 fully saturated rings. The maximum atomic E-state index is 12.1. The largest absolute Gasteiger partial charge is 0.497 e. The van der Waals surface area contributed by atoms with Crippen LogP contribution in [0.15, 0.2) is 58.3 Å². The second-order valence-electron chi connectivity index (χ2n) is 3.81. The molecule has 0 aliphatic rings. The second-order valence-corrected chi connectivity index (χ2v) is 6.16. The molecule has 0 spiro atoms. The van der Waals surface area contributed by atoms with Crippen LogP contribution < -0.4 is 13.6 Å². The Kier molecular flexibility index (Phi) is 5.46. The highest BCUT2D eigenvalue weighted by Gasteiger charge is 2.04. The maximum absolute atomic E-state index is 12.1. The average Bonchev–Trinajstić information content (AvgIpc) is 2.53. The zero-order chi connectivity index (χ0) is 14.4. The van der Waals surface area contributed by atoms with E-state index in [0.717, 1.165) is 16.4 Å². The number of rotatable bonds is 6. The van der Waals surface area contributed by atoms with E-state index in [9.17, 15) is 4.21 Å². The van der Waals surface area contributed by atoms with Crippen LogP contribution in [0, 0.1) is 0 Å². The first-order valence-electron chi connectivity index (χ1n) is 5.85. The molecule has 0 heterocycles. The summed E-state index contributed by atoms with van der Waals surface area (Å²) in [6.07, 6.45) is 0. The fourth-order valence-electron chi connectivity index (χ4n) is 1.48. The maximum Gasteiger partial charge on any atom is 0.135 e. The van der Waals surface area contributed by atoms with Crippen molar-refractivity contribution in [3.63, 3.8) is 0 Å². The number of hydrogen-bond donors (Lipinski definition) is 1. The molecule has 2 aromatic rings. The summed E-state index contributed by atoms with van der Waals surface area (Å²) in [7, 11) is 1.95. The van der Waals surface area contributed by atoms with Gasteiger partial charge in [0.15, 0.2) is 0 Å². The van der Waals surface area contributed by atoms with Crippen LogP contribution in [0.5, 0.6) is 11.5 Å². The molecule has 0 aromatic heterocycles. The summed E-state index contributed by atoms with van der Waals surface area (Å²) in [5.41, 5.74) is 0. The van der Waals surface area contributed by atoms with E-state index in [4.69, 9.17) is 9.47 Å². The fourth-order valence-corrected chi connectivity index (χ4v) is 3.21. The van der Waals surface area contributed by atoms with Gasteiger partial charge in [0.25, 0.3) is 0 Å². The number of ether oxygens (including phenoxy) is 2. The first-order valence-corrected chi connectivity index (χ1v) is 7.82. The van der Waals surface area contributed by atoms with Gasteiger partial charge in [0, 0.05) is 4.90 Å². The molecule has 0 saturated carbocycles. The Bertz CT molecular complexity index is 570. The molecule has 0 amide bonds. The highest BCUT2D eigenvalue weighted by Crippen LogP contribution is 2.21. The lowest BCUT2D eigenvalue weighted by Gasteiger charge is -2.06. The van der Waals surface area contributed by atoms with Crippen molar-refractivity contribution in [1.29, 1.82) is 0 Å². The fraction of sp³-hybridized carbons (Fsp3) is 0.143. The van der Waals surface area contributed by atoms with Gasteiger partial charge in [-0.2, -0.15) is 4.13 Å². The molecule has 106 valence electrons. The molecular formula is C14H15NO3S2. The van der Waals surface area contributed by atoms with Crippen molar-refractivity contribution in [2.45, 2.75) is 9.79 Å². The van der Waals surface area contributed by atoms with Gasteiger partial charge in [-0.3, -0.25) is 0 Å². The highest BCUT2D eigenvalue weighted by atomic mass is 32.2. The first kappa shape index (κ1) is 14.9. The Morgan fingerprint density at radius 3 is 1.90 bits per heavy atom. The molecule has 0 bridgehead atoms. The molecule has 20 heavy (non-hydrogen) atoms. The predicted octanol–water partition coefficient (Wildman–Crippen LogP) is 3.02. The van der Waals surface area contributed by atoms with Gasteiger partial charge in [-0.25, -0.2) is 4.21 Å². The molecule has 0 radical (unpaired) electrons. The van der Waals surface area contributed by atoms with Gasteiger partial charge in [0.05, 0.1) is 19.1 Å². The van der Waals surface area contributed by atoms with Crippen molar-refractivity contribution < 1.29 is 13.7 Å². The number of benzene rings is 2. The molecule has 0 aliphatic heterocycles. The molecule has 1 N–H and O–H groups in total. The van der Waals surface area contributed by atoms with Gasteiger partial charge in [-0.05, 0) is 60.5 Å². The molecule has 2 rings (SSSR count). The molecule has 0 aliphatic carbocycles. The third kappa shape index (κ3) is 4.00. The number of hydrogen-bond acceptors (Lipinski definition) is 4. The molecular weight excluding hydrogens is 294 g/mol. The third-order valence-corrected chi connectivity index (χ3v) is 4.72. The van der Waals surface area contributed by atoms with Crippen LogP contribution in [0.1, 0.15) is 0 Å². The molecule has 4 nitrogen and oxygen atoms in total. The van der Waals surface area contributed by atoms with Crippen LogP contribution in [0.3, 0.4) is 0 Å². The quantitative estimate of drug-likeness (QED) is 0.833. The zero-order valence-electron chi connectivity index (χ0n) is 11.2. The van der Waals surface area contributed by atoms with E-state index < -0.39 is 11.0 Å². The van der Waals surface area contributed by atoms with Crippen LogP contribution in [0.4, 0.5) is 0 Å². The van der Waals surface area contributed by atoms with Crippen molar-refractivity contribution in [1.82, 2.24) is 4.13 Å². The normalized spacial score (nSPS) is 11.9. The molecule has 6 heteroatoms. The lowest BCUT2D eigenvalue weighted by molar-refractivity contribution is 0.414. The summed E-state index contributed by atoms with van der Waals surface area (Å²) in [4.78, 5) is 1.67. The SMILES string of the molecule is COc1ccc(SNS(=O)c2ccc(OC)cc2)cc1. The van der Waals surface area contributed by atoms with Crippen molar-refractivity contribution in [2.24, 2.45) is 0 Å². The molecule has 1 unspecified atom stereocenters. The predicted molar refractivity (Wildman–Crippen MR) is 81.4 cm³/mol. The Labute approximate surface area is 125 Å². The number of nitrogens with one attached hydrogen (secondary N) is 1. The van der Waals surface area contributed by atoms with Crippen molar-refractivity contribution in [3.05, 3.63) is 48.5 Å². The summed E-state index contributed by atoms with van der Waals surface area (Å²) >= 11 is 1.32. The van der Waals surface area contributed by atoms with Gasteiger partial charge < -0.3 is 9.47 Å². The van der Waals surface area contributed by atoms with Crippen molar-refractivity contribution in [2.75, 3.05) is 14.2 Å². The molecule has 2 aromatic carbocycles. The lowest BCUT2D eigenvalue weighted by Crippen LogP contribution is -2.08. The van der Waals surface area contributed by atoms with Crippen LogP contribution in [0.2, 0.25) is 0 Å². The van der Waals surface area contributed by atoms with E-state index in [0.29, 0.717) is 4.90 Å². The Hall–Kier alpha value is -1.50. The van der Waals surface area contributed by atoms with E-state index in [1.54, 1.807) is 38.5 Å². The highest BCUT2D eigenvalue weighted by molar-refractivity contribution is 8.07. The monoisotopic (exact) mass is 309 g/mol. The van der Waals surface area contributed by atoms with E-state index in [2.05, 4.69) is 4.13 Å². The van der Waals surface area contributed by atoms with Gasteiger partial charge >= 0.3 is 0 Å². The summed E-state index contributed by atoms with van der Waals surface area (Å²) in [5, 5.41) is 0. The number of methoxy groups -OCH3 is 2. The van der Waals surface area contributed by atoms with Gasteiger partial charge in [-0.1, -0.05) is 0 Å². The second kappa shape index (κ2) is 7.33. The standard InChI is InChI=1S/C14H15NO3S2/c1-17-11-3-7-13(8-4-11)19-15-20(16)14-9-5-12(18-2)6-10-14/h3-10,15H,1-2H3. The van der Waals surface area contributed by atoms with E-state index in [1.165, 1.54) is 11.9 Å². The van der Waals surface area contributed by atoms with Gasteiger partial charge in [0.1, 0.15) is 22.5 Å². The Balaban J connectivity index is 1.93. The first-order chi connectivity index (χ1) is 9.72. The molecule has 1 atom stereocenters. The summed E-state index contributed by atoms with van der Waals surface area (Å²) in [6.45, 7) is 0. The van der Waals surface area contributed by atoms with E-state index >= 15 is 0 Å². The van der Waals surface area contributed by atoms with Gasteiger partial charge in [-0.15, -0.1) is 0 Å².